The molecule has 0 aliphatic carbocycles. The van der Waals surface area contributed by atoms with Gasteiger partial charge in [0.15, 0.2) is 0 Å². The van der Waals surface area contributed by atoms with Crippen molar-refractivity contribution in [3.8, 4) is 0 Å². The summed E-state index contributed by atoms with van der Waals surface area (Å²) < 4.78 is 45.2. The fraction of sp³-hybridized carbons (Fsp3) is 0.300. The van der Waals surface area contributed by atoms with Crippen LogP contribution in [0.5, 0.6) is 0 Å². The van der Waals surface area contributed by atoms with E-state index in [9.17, 15) is 22.8 Å². The van der Waals surface area contributed by atoms with Crippen LogP contribution in [0.1, 0.15) is 28.8 Å². The third-order valence-electron chi connectivity index (χ3n) is 3.93. The standard InChI is InChI=1S/C20H22F3N3O3/c1-29-12-6-5-11-24-19(28)26-17-10-9-15(13-16(17)20(21,22)23)25-18(27)14-7-3-2-4-8-14/h2-4,7-10,13H,5-6,11-12H2,1H3,(H,25,27)(H2,24,26,28). The monoisotopic (exact) mass is 409 g/mol. The highest BCUT2D eigenvalue weighted by Crippen LogP contribution is 2.36. The summed E-state index contributed by atoms with van der Waals surface area (Å²) >= 11 is 0. The maximum Gasteiger partial charge on any atom is 0.418 e. The molecule has 156 valence electrons. The van der Waals surface area contributed by atoms with E-state index in [1.54, 1.807) is 37.4 Å². The highest BCUT2D eigenvalue weighted by molar-refractivity contribution is 6.04. The Bertz CT molecular complexity index is 827. The van der Waals surface area contributed by atoms with Gasteiger partial charge < -0.3 is 20.7 Å². The lowest BCUT2D eigenvalue weighted by Gasteiger charge is -2.16. The number of nitrogens with one attached hydrogen (secondary N) is 3. The molecule has 0 aromatic heterocycles. The predicted molar refractivity (Wildman–Crippen MR) is 104 cm³/mol. The molecule has 0 heterocycles. The number of urea groups is 1. The van der Waals surface area contributed by atoms with Gasteiger partial charge in [-0.2, -0.15) is 13.2 Å². The van der Waals surface area contributed by atoms with Gasteiger partial charge in [0, 0.05) is 31.5 Å². The van der Waals surface area contributed by atoms with E-state index in [0.29, 0.717) is 25.1 Å². The molecule has 0 saturated carbocycles. The Kier molecular flexibility index (Phi) is 8.02. The zero-order chi connectivity index (χ0) is 21.3. The molecule has 0 spiro atoms. The number of amides is 3. The number of halogens is 3. The fourth-order valence-corrected chi connectivity index (χ4v) is 2.50. The van der Waals surface area contributed by atoms with Crippen LogP contribution in [0.15, 0.2) is 48.5 Å². The van der Waals surface area contributed by atoms with Crippen LogP contribution in [-0.4, -0.2) is 32.2 Å². The van der Waals surface area contributed by atoms with E-state index in [4.69, 9.17) is 4.74 Å². The molecule has 9 heteroatoms. The number of unbranched alkanes of at least 4 members (excludes halogenated alkanes) is 1. The van der Waals surface area contributed by atoms with Gasteiger partial charge in [-0.3, -0.25) is 4.79 Å². The lowest BCUT2D eigenvalue weighted by molar-refractivity contribution is -0.136. The summed E-state index contributed by atoms with van der Waals surface area (Å²) in [6.45, 7) is 0.847. The van der Waals surface area contributed by atoms with Crippen molar-refractivity contribution in [2.75, 3.05) is 30.9 Å². The van der Waals surface area contributed by atoms with Crippen molar-refractivity contribution in [1.82, 2.24) is 5.32 Å². The molecule has 29 heavy (non-hydrogen) atoms. The number of carbonyl (C=O) groups is 2. The van der Waals surface area contributed by atoms with E-state index >= 15 is 0 Å². The van der Waals surface area contributed by atoms with Gasteiger partial charge in [0.05, 0.1) is 11.3 Å². The normalized spacial score (nSPS) is 11.0. The van der Waals surface area contributed by atoms with Gasteiger partial charge in [-0.25, -0.2) is 4.79 Å². The van der Waals surface area contributed by atoms with Crippen molar-refractivity contribution in [2.45, 2.75) is 19.0 Å². The molecule has 0 atom stereocenters. The molecule has 0 radical (unpaired) electrons. The van der Waals surface area contributed by atoms with Gasteiger partial charge in [-0.1, -0.05) is 18.2 Å². The van der Waals surface area contributed by atoms with Crippen LogP contribution in [0.25, 0.3) is 0 Å². The van der Waals surface area contributed by atoms with Crippen molar-refractivity contribution in [3.05, 3.63) is 59.7 Å². The van der Waals surface area contributed by atoms with E-state index < -0.39 is 29.4 Å². The molecule has 0 unspecified atom stereocenters. The maximum atomic E-state index is 13.4. The first-order chi connectivity index (χ1) is 13.8. The van der Waals surface area contributed by atoms with Gasteiger partial charge >= 0.3 is 12.2 Å². The zero-order valence-corrected chi connectivity index (χ0v) is 15.8. The molecular weight excluding hydrogens is 387 g/mol. The Morgan fingerprint density at radius 1 is 1.00 bits per heavy atom. The number of hydrogen-bond acceptors (Lipinski definition) is 3. The topological polar surface area (TPSA) is 79.5 Å². The van der Waals surface area contributed by atoms with Crippen LogP contribution in [0.4, 0.5) is 29.3 Å². The quantitative estimate of drug-likeness (QED) is 0.562. The largest absolute Gasteiger partial charge is 0.418 e. The number of rotatable bonds is 8. The molecule has 0 aliphatic rings. The SMILES string of the molecule is COCCCCNC(=O)Nc1ccc(NC(=O)c2ccccc2)cc1C(F)(F)F. The second-order valence-corrected chi connectivity index (χ2v) is 6.16. The Labute approximate surface area is 166 Å². The van der Waals surface area contributed by atoms with Gasteiger partial charge in [-0.05, 0) is 43.2 Å². The Morgan fingerprint density at radius 2 is 1.72 bits per heavy atom. The average molecular weight is 409 g/mol. The van der Waals surface area contributed by atoms with Crippen LogP contribution in [0, 0.1) is 0 Å². The van der Waals surface area contributed by atoms with Gasteiger partial charge in [-0.15, -0.1) is 0 Å². The highest BCUT2D eigenvalue weighted by Gasteiger charge is 2.34. The first kappa shape index (κ1) is 22.2. The summed E-state index contributed by atoms with van der Waals surface area (Å²) in [5.41, 5.74) is -1.17. The van der Waals surface area contributed by atoms with E-state index in [2.05, 4.69) is 16.0 Å². The van der Waals surface area contributed by atoms with Crippen molar-refractivity contribution in [3.63, 3.8) is 0 Å². The summed E-state index contributed by atoms with van der Waals surface area (Å²) in [4.78, 5) is 24.0. The highest BCUT2D eigenvalue weighted by atomic mass is 19.4. The van der Waals surface area contributed by atoms with Crippen LogP contribution < -0.4 is 16.0 Å². The minimum absolute atomic E-state index is 0.0308. The first-order valence-electron chi connectivity index (χ1n) is 8.92. The van der Waals surface area contributed by atoms with Gasteiger partial charge in [0.2, 0.25) is 0 Å². The maximum absolute atomic E-state index is 13.4. The molecule has 2 aromatic rings. The molecule has 3 N–H and O–H groups in total. The molecule has 0 aliphatic heterocycles. The Morgan fingerprint density at radius 3 is 2.38 bits per heavy atom. The average Bonchev–Trinajstić information content (AvgIpc) is 2.69. The van der Waals surface area contributed by atoms with Crippen molar-refractivity contribution >= 4 is 23.3 Å². The number of hydrogen-bond donors (Lipinski definition) is 3. The summed E-state index contributed by atoms with van der Waals surface area (Å²) in [6, 6.07) is 10.6. The van der Waals surface area contributed by atoms with Crippen molar-refractivity contribution < 1.29 is 27.5 Å². The smallest absolute Gasteiger partial charge is 0.385 e. The molecule has 6 nitrogen and oxygen atoms in total. The number of methoxy groups -OCH3 is 1. The molecule has 0 fully saturated rings. The molecular formula is C20H22F3N3O3. The van der Waals surface area contributed by atoms with Gasteiger partial charge in [0.1, 0.15) is 0 Å². The molecule has 0 saturated heterocycles. The molecule has 2 aromatic carbocycles. The van der Waals surface area contributed by atoms with Crippen LogP contribution in [0.2, 0.25) is 0 Å². The van der Waals surface area contributed by atoms with Crippen molar-refractivity contribution in [1.29, 1.82) is 0 Å². The van der Waals surface area contributed by atoms with Crippen molar-refractivity contribution in [2.24, 2.45) is 0 Å². The van der Waals surface area contributed by atoms with E-state index in [0.717, 1.165) is 18.6 Å². The molecule has 3 amide bonds. The third kappa shape index (κ3) is 7.11. The lowest BCUT2D eigenvalue weighted by Crippen LogP contribution is -2.30. The van der Waals surface area contributed by atoms with E-state index in [1.165, 1.54) is 6.07 Å². The summed E-state index contributed by atoms with van der Waals surface area (Å²) in [7, 11) is 1.56. The minimum atomic E-state index is -4.71. The van der Waals surface area contributed by atoms with Gasteiger partial charge in [0.25, 0.3) is 5.91 Å². The Hall–Kier alpha value is -3.07. The van der Waals surface area contributed by atoms with E-state index in [1.807, 2.05) is 0 Å². The number of ether oxygens (including phenoxy) is 1. The van der Waals surface area contributed by atoms with E-state index in [-0.39, 0.29) is 5.69 Å². The number of alkyl halides is 3. The molecule has 2 rings (SSSR count). The van der Waals surface area contributed by atoms with Crippen LogP contribution >= 0.6 is 0 Å². The molecule has 0 bridgehead atoms. The fourth-order valence-electron chi connectivity index (χ4n) is 2.50. The summed E-state index contributed by atoms with van der Waals surface area (Å²) in [5.74, 6) is -0.534. The summed E-state index contributed by atoms with van der Waals surface area (Å²) in [6.07, 6.45) is -3.35. The van der Waals surface area contributed by atoms with Crippen LogP contribution in [0.3, 0.4) is 0 Å². The number of anilines is 2. The second-order valence-electron chi connectivity index (χ2n) is 6.16. The minimum Gasteiger partial charge on any atom is -0.385 e. The second kappa shape index (κ2) is 10.5. The predicted octanol–water partition coefficient (Wildman–Crippen LogP) is 4.51. The lowest BCUT2D eigenvalue weighted by atomic mass is 10.1. The number of carbonyl (C=O) groups excluding carboxylic acids is 2. The zero-order valence-electron chi connectivity index (χ0n) is 15.8. The Balaban J connectivity index is 2.07. The third-order valence-corrected chi connectivity index (χ3v) is 3.93. The van der Waals surface area contributed by atoms with Crippen LogP contribution in [-0.2, 0) is 10.9 Å². The number of benzene rings is 2. The first-order valence-corrected chi connectivity index (χ1v) is 8.92. The summed E-state index contributed by atoms with van der Waals surface area (Å²) in [5, 5.41) is 7.13.